The summed E-state index contributed by atoms with van der Waals surface area (Å²) in [5, 5.41) is 14.0. The number of nitro groups is 1. The smallest absolute Gasteiger partial charge is 0.270 e. The quantitative estimate of drug-likeness (QED) is 0.513. The van der Waals surface area contributed by atoms with E-state index in [2.05, 4.69) is 5.32 Å². The van der Waals surface area contributed by atoms with Crippen molar-refractivity contribution in [3.8, 4) is 5.75 Å². The molecule has 0 aliphatic carbocycles. The van der Waals surface area contributed by atoms with E-state index in [-0.39, 0.29) is 5.69 Å². The fraction of sp³-hybridized carbons (Fsp3) is 0.400. The molecule has 7 heteroatoms. The summed E-state index contributed by atoms with van der Waals surface area (Å²) < 4.78 is 11.6. The molecule has 0 amide bonds. The van der Waals surface area contributed by atoms with E-state index in [0.29, 0.717) is 29.5 Å². The van der Waals surface area contributed by atoms with E-state index >= 15 is 0 Å². The van der Waals surface area contributed by atoms with E-state index in [9.17, 15) is 10.1 Å². The second-order valence-electron chi connectivity index (χ2n) is 5.35. The average molecular weight is 320 g/mol. The normalized spacial score (nSPS) is 18.9. The van der Waals surface area contributed by atoms with E-state index in [1.54, 1.807) is 13.1 Å². The van der Waals surface area contributed by atoms with E-state index in [0.717, 1.165) is 18.4 Å². The van der Waals surface area contributed by atoms with Crippen molar-refractivity contribution >= 4 is 28.5 Å². The second-order valence-corrected chi connectivity index (χ2v) is 5.76. The van der Waals surface area contributed by atoms with Gasteiger partial charge in [0.05, 0.1) is 18.1 Å². The number of fused-ring (bicyclic) bond motifs is 1. The number of likely N-dealkylation sites (N-methyl/N-ethyl adjacent to an activating group) is 1. The van der Waals surface area contributed by atoms with Gasteiger partial charge in [0.1, 0.15) is 16.3 Å². The first-order valence-corrected chi connectivity index (χ1v) is 7.46. The molecule has 0 aromatic heterocycles. The van der Waals surface area contributed by atoms with Gasteiger partial charge in [-0.3, -0.25) is 10.1 Å². The van der Waals surface area contributed by atoms with Crippen molar-refractivity contribution in [3.63, 3.8) is 0 Å². The zero-order valence-electron chi connectivity index (χ0n) is 12.1. The Balaban J connectivity index is 2.10. The lowest BCUT2D eigenvalue weighted by atomic mass is 9.86. The number of nitro benzene ring substituents is 1. The monoisotopic (exact) mass is 320 g/mol. The summed E-state index contributed by atoms with van der Waals surface area (Å²) in [6.45, 7) is 1.25. The summed E-state index contributed by atoms with van der Waals surface area (Å²) >= 11 is 5.38. The van der Waals surface area contributed by atoms with Crippen molar-refractivity contribution in [1.29, 1.82) is 0 Å². The minimum Gasteiger partial charge on any atom is -0.482 e. The van der Waals surface area contributed by atoms with Gasteiger partial charge in [-0.05, 0) is 12.1 Å². The highest BCUT2D eigenvalue weighted by Gasteiger charge is 2.38. The van der Waals surface area contributed by atoms with E-state index in [1.165, 1.54) is 12.1 Å². The SMILES string of the molecule is CNC(=S)C1=CC2(CCOCC2)Oc2ccc([N+](=O)[O-])cc21. The Labute approximate surface area is 133 Å². The molecule has 3 rings (SSSR count). The van der Waals surface area contributed by atoms with Crippen LogP contribution >= 0.6 is 12.2 Å². The molecule has 1 spiro atoms. The molecule has 1 saturated heterocycles. The first-order valence-electron chi connectivity index (χ1n) is 7.05. The van der Waals surface area contributed by atoms with Gasteiger partial charge in [-0.15, -0.1) is 0 Å². The molecule has 2 aliphatic heterocycles. The molecule has 0 radical (unpaired) electrons. The number of benzene rings is 1. The standard InChI is InChI=1S/C15H16N2O4S/c1-16-14(22)12-9-15(4-6-20-7-5-15)21-13-3-2-10(17(18)19)8-11(12)13/h2-3,8-9H,4-7H2,1H3,(H,16,22). The molecule has 2 aliphatic rings. The van der Waals surface area contributed by atoms with E-state index in [4.69, 9.17) is 21.7 Å². The lowest BCUT2D eigenvalue weighted by Crippen LogP contribution is -2.43. The van der Waals surface area contributed by atoms with Crippen LogP contribution in [0.1, 0.15) is 18.4 Å². The first kappa shape index (κ1) is 14.9. The van der Waals surface area contributed by atoms with Gasteiger partial charge in [0.15, 0.2) is 0 Å². The summed E-state index contributed by atoms with van der Waals surface area (Å²) in [7, 11) is 1.74. The van der Waals surface area contributed by atoms with Gasteiger partial charge in [-0.1, -0.05) is 12.2 Å². The molecule has 1 aromatic carbocycles. The van der Waals surface area contributed by atoms with Crippen molar-refractivity contribution in [2.45, 2.75) is 18.4 Å². The fourth-order valence-electron chi connectivity index (χ4n) is 2.81. The van der Waals surface area contributed by atoms with Crippen molar-refractivity contribution < 1.29 is 14.4 Å². The van der Waals surface area contributed by atoms with Crippen LogP contribution in [0.25, 0.3) is 5.57 Å². The Hall–Kier alpha value is -1.99. The number of non-ortho nitro benzene ring substituents is 1. The molecular formula is C15H16N2O4S. The van der Waals surface area contributed by atoms with Gasteiger partial charge in [0.25, 0.3) is 5.69 Å². The van der Waals surface area contributed by atoms with Gasteiger partial charge in [0, 0.05) is 43.2 Å². The van der Waals surface area contributed by atoms with E-state index < -0.39 is 10.5 Å². The average Bonchev–Trinajstić information content (AvgIpc) is 2.53. The van der Waals surface area contributed by atoms with Crippen LogP contribution in [0.5, 0.6) is 5.75 Å². The Kier molecular flexibility index (Phi) is 3.84. The molecule has 6 nitrogen and oxygen atoms in total. The molecular weight excluding hydrogens is 304 g/mol. The van der Waals surface area contributed by atoms with Crippen LogP contribution in [0.2, 0.25) is 0 Å². The molecule has 22 heavy (non-hydrogen) atoms. The largest absolute Gasteiger partial charge is 0.482 e. The summed E-state index contributed by atoms with van der Waals surface area (Å²) in [6, 6.07) is 4.62. The highest BCUT2D eigenvalue weighted by Crippen LogP contribution is 2.42. The van der Waals surface area contributed by atoms with Crippen LogP contribution < -0.4 is 10.1 Å². The van der Waals surface area contributed by atoms with Gasteiger partial charge in [-0.2, -0.15) is 0 Å². The maximum Gasteiger partial charge on any atom is 0.270 e. The number of hydrogen-bond acceptors (Lipinski definition) is 5. The molecule has 0 atom stereocenters. The van der Waals surface area contributed by atoms with Crippen LogP contribution in [0.15, 0.2) is 24.3 Å². The molecule has 116 valence electrons. The minimum atomic E-state index is -0.447. The van der Waals surface area contributed by atoms with Gasteiger partial charge in [0.2, 0.25) is 0 Å². The van der Waals surface area contributed by atoms with Crippen molar-refractivity contribution in [3.05, 3.63) is 40.0 Å². The van der Waals surface area contributed by atoms with Gasteiger partial charge in [-0.25, -0.2) is 0 Å². The maximum absolute atomic E-state index is 11.0. The predicted octanol–water partition coefficient (Wildman–Crippen LogP) is 2.47. The Morgan fingerprint density at radius 3 is 2.77 bits per heavy atom. The molecule has 0 unspecified atom stereocenters. The van der Waals surface area contributed by atoms with Crippen molar-refractivity contribution in [1.82, 2.24) is 5.32 Å². The Bertz CT molecular complexity index is 666. The van der Waals surface area contributed by atoms with Gasteiger partial charge < -0.3 is 14.8 Å². The highest BCUT2D eigenvalue weighted by atomic mass is 32.1. The topological polar surface area (TPSA) is 73.6 Å². The number of nitrogens with zero attached hydrogens (tertiary/aromatic N) is 1. The number of thiocarbonyl (C=S) groups is 1. The third-order valence-electron chi connectivity index (χ3n) is 4.00. The third-order valence-corrected chi connectivity index (χ3v) is 4.42. The highest BCUT2D eigenvalue weighted by molar-refractivity contribution is 7.81. The summed E-state index contributed by atoms with van der Waals surface area (Å²) in [5.74, 6) is 0.627. The van der Waals surface area contributed by atoms with E-state index in [1.807, 2.05) is 6.08 Å². The lowest BCUT2D eigenvalue weighted by molar-refractivity contribution is -0.384. The molecule has 2 heterocycles. The van der Waals surface area contributed by atoms with Crippen LogP contribution in [0, 0.1) is 10.1 Å². The molecule has 1 aromatic rings. The number of ether oxygens (including phenoxy) is 2. The second kappa shape index (κ2) is 5.66. The molecule has 0 saturated carbocycles. The van der Waals surface area contributed by atoms with Crippen LogP contribution in [0.4, 0.5) is 5.69 Å². The van der Waals surface area contributed by atoms with Crippen LogP contribution in [0.3, 0.4) is 0 Å². The van der Waals surface area contributed by atoms with Gasteiger partial charge >= 0.3 is 0 Å². The Morgan fingerprint density at radius 1 is 1.41 bits per heavy atom. The van der Waals surface area contributed by atoms with Crippen LogP contribution in [-0.2, 0) is 4.74 Å². The van der Waals surface area contributed by atoms with Crippen LogP contribution in [-0.4, -0.2) is 35.8 Å². The number of rotatable bonds is 2. The maximum atomic E-state index is 11.0. The minimum absolute atomic E-state index is 0.0232. The zero-order valence-corrected chi connectivity index (χ0v) is 12.9. The first-order chi connectivity index (χ1) is 10.5. The lowest BCUT2D eigenvalue weighted by Gasteiger charge is -2.39. The van der Waals surface area contributed by atoms with Crippen molar-refractivity contribution in [2.24, 2.45) is 0 Å². The third kappa shape index (κ3) is 2.57. The fourth-order valence-corrected chi connectivity index (χ4v) is 2.97. The number of nitrogens with one attached hydrogen (secondary N) is 1. The molecule has 1 fully saturated rings. The Morgan fingerprint density at radius 2 is 2.14 bits per heavy atom. The predicted molar refractivity (Wildman–Crippen MR) is 86.1 cm³/mol. The zero-order chi connectivity index (χ0) is 15.7. The number of hydrogen-bond donors (Lipinski definition) is 1. The van der Waals surface area contributed by atoms with Crippen molar-refractivity contribution in [2.75, 3.05) is 20.3 Å². The molecule has 0 bridgehead atoms. The summed E-state index contributed by atoms with van der Waals surface area (Å²) in [4.78, 5) is 11.1. The summed E-state index contributed by atoms with van der Waals surface area (Å²) in [6.07, 6.45) is 3.46. The summed E-state index contributed by atoms with van der Waals surface area (Å²) in [5.41, 5.74) is 1.02. The molecule has 1 N–H and O–H groups in total.